The lowest BCUT2D eigenvalue weighted by Gasteiger charge is -2.73. The van der Waals surface area contributed by atoms with Crippen LogP contribution in [-0.4, -0.2) is 39.2 Å². The van der Waals surface area contributed by atoms with Crippen LogP contribution in [-0.2, 0) is 28.6 Å². The molecule has 0 aromatic heterocycles. The zero-order valence-corrected chi connectivity index (χ0v) is 25.6. The number of hydrogen-bond donors (Lipinski definition) is 0. The minimum atomic E-state index is -1.32. The fourth-order valence-corrected chi connectivity index (χ4v) is 10.8. The maximum Gasteiger partial charge on any atom is 0.313 e. The Hall–Kier alpha value is -1.59. The second-order valence-corrected chi connectivity index (χ2v) is 15.2. The van der Waals surface area contributed by atoms with Crippen LogP contribution >= 0.6 is 0 Å². The van der Waals surface area contributed by atoms with Crippen LogP contribution < -0.4 is 0 Å². The molecule has 6 nitrogen and oxygen atoms in total. The number of hydrogen-bond acceptors (Lipinski definition) is 6. The Morgan fingerprint density at radius 3 is 1.87 bits per heavy atom. The van der Waals surface area contributed by atoms with Crippen LogP contribution in [0.15, 0.2) is 0 Å². The van der Waals surface area contributed by atoms with Crippen molar-refractivity contribution in [1.82, 2.24) is 0 Å². The molecule has 4 aliphatic carbocycles. The van der Waals surface area contributed by atoms with E-state index in [4.69, 9.17) is 14.2 Å². The molecule has 0 aromatic carbocycles. The maximum absolute atomic E-state index is 13.8. The Bertz CT molecular complexity index is 988. The van der Waals surface area contributed by atoms with Crippen LogP contribution in [0, 0.1) is 56.2 Å². The highest BCUT2D eigenvalue weighted by Gasteiger charge is 2.74. The van der Waals surface area contributed by atoms with Gasteiger partial charge in [-0.15, -0.1) is 0 Å². The predicted molar refractivity (Wildman–Crippen MR) is 146 cm³/mol. The summed E-state index contributed by atoms with van der Waals surface area (Å²) in [6.45, 7) is 16.3. The molecule has 0 aromatic rings. The number of fused-ring (bicyclic) bond motifs is 5. The van der Waals surface area contributed by atoms with E-state index in [1.54, 1.807) is 6.92 Å². The third kappa shape index (κ3) is 3.73. The van der Waals surface area contributed by atoms with Gasteiger partial charge in [0.05, 0.1) is 38.6 Å². The third-order valence-electron chi connectivity index (χ3n) is 13.4. The molecule has 9 atom stereocenters. The minimum Gasteiger partial charge on any atom is -0.469 e. The van der Waals surface area contributed by atoms with Crippen LogP contribution in [0.25, 0.3) is 0 Å². The maximum atomic E-state index is 13.8. The first-order chi connectivity index (χ1) is 17.5. The minimum absolute atomic E-state index is 0.0145. The van der Waals surface area contributed by atoms with Gasteiger partial charge in [-0.25, -0.2) is 0 Å². The van der Waals surface area contributed by atoms with Gasteiger partial charge < -0.3 is 14.2 Å². The third-order valence-corrected chi connectivity index (χ3v) is 13.4. The molecule has 0 spiro atoms. The summed E-state index contributed by atoms with van der Waals surface area (Å²) in [6, 6.07) is 0. The first kappa shape index (κ1) is 29.4. The van der Waals surface area contributed by atoms with E-state index in [1.165, 1.54) is 47.0 Å². The molecule has 4 rings (SSSR count). The highest BCUT2D eigenvalue weighted by molar-refractivity contribution is 5.91. The predicted octanol–water partition coefficient (Wildman–Crippen LogP) is 6.59. The largest absolute Gasteiger partial charge is 0.469 e. The summed E-state index contributed by atoms with van der Waals surface area (Å²) in [4.78, 5) is 40.5. The van der Waals surface area contributed by atoms with Gasteiger partial charge in [-0.1, -0.05) is 48.5 Å². The van der Waals surface area contributed by atoms with Gasteiger partial charge in [-0.3, -0.25) is 14.4 Å². The smallest absolute Gasteiger partial charge is 0.313 e. The first-order valence-electron chi connectivity index (χ1n) is 14.8. The molecule has 4 saturated carbocycles. The Balaban J connectivity index is 1.86. The molecule has 38 heavy (non-hydrogen) atoms. The van der Waals surface area contributed by atoms with Crippen LogP contribution in [0.1, 0.15) is 106 Å². The Kier molecular flexibility index (Phi) is 7.14. The van der Waals surface area contributed by atoms with Crippen LogP contribution in [0.2, 0.25) is 0 Å². The standard InChI is InChI=1S/C32H52O6/c1-20(24(33)36-8)32(26(35)38-10)12-11-21-29(5,23(32)25(34)37-9)16-18-31(7)22-19-27(2,3)13-14-28(22,4)15-17-30(21,31)6/h20-23H,11-19H2,1-10H3/t20-,21-,22+,23-,28+,29+,30+,31-,32-/m0/s1. The van der Waals surface area contributed by atoms with E-state index in [0.29, 0.717) is 23.2 Å². The Morgan fingerprint density at radius 1 is 0.711 bits per heavy atom. The fraction of sp³-hybridized carbons (Fsp3) is 0.906. The van der Waals surface area contributed by atoms with E-state index < -0.39 is 40.6 Å². The summed E-state index contributed by atoms with van der Waals surface area (Å²) >= 11 is 0. The molecule has 4 fully saturated rings. The monoisotopic (exact) mass is 532 g/mol. The molecule has 0 aliphatic heterocycles. The molecule has 0 N–H and O–H groups in total. The van der Waals surface area contributed by atoms with Gasteiger partial charge >= 0.3 is 17.9 Å². The quantitative estimate of drug-likeness (QED) is 0.300. The summed E-state index contributed by atoms with van der Waals surface area (Å²) in [6.07, 6.45) is 9.15. The first-order valence-corrected chi connectivity index (χ1v) is 14.8. The van der Waals surface area contributed by atoms with E-state index in [0.717, 1.165) is 25.7 Å². The number of methoxy groups -OCH3 is 3. The summed E-state index contributed by atoms with van der Waals surface area (Å²) in [7, 11) is 4.08. The molecule has 216 valence electrons. The zero-order chi connectivity index (χ0) is 28.5. The van der Waals surface area contributed by atoms with Crippen LogP contribution in [0.5, 0.6) is 0 Å². The van der Waals surface area contributed by atoms with Gasteiger partial charge in [-0.05, 0) is 96.7 Å². The molecule has 4 aliphatic rings. The van der Waals surface area contributed by atoms with Gasteiger partial charge in [0.15, 0.2) is 0 Å². The second-order valence-electron chi connectivity index (χ2n) is 15.2. The highest BCUT2D eigenvalue weighted by atomic mass is 16.5. The van der Waals surface area contributed by atoms with Crippen LogP contribution in [0.3, 0.4) is 0 Å². The van der Waals surface area contributed by atoms with Gasteiger partial charge in [0.1, 0.15) is 0 Å². The average Bonchev–Trinajstić information content (AvgIpc) is 2.88. The summed E-state index contributed by atoms with van der Waals surface area (Å²) in [5.41, 5.74) is -0.983. The van der Waals surface area contributed by atoms with E-state index in [1.807, 2.05) is 0 Å². The van der Waals surface area contributed by atoms with Crippen molar-refractivity contribution in [3.8, 4) is 0 Å². The van der Waals surface area contributed by atoms with E-state index >= 15 is 0 Å². The highest BCUT2D eigenvalue weighted by Crippen LogP contribution is 2.77. The van der Waals surface area contributed by atoms with E-state index in [9.17, 15) is 14.4 Å². The SMILES string of the molecule is COC(=O)[C@H](C)[C@@]1(C(=O)OC)CC[C@H]2[C@@](C)(CC[C@@]3(C)[C@@H]4CC(C)(C)CC[C@]4(C)CC[C@]23C)[C@@H]1C(=O)OC. The van der Waals surface area contributed by atoms with E-state index in [-0.39, 0.29) is 16.7 Å². The molecule has 6 heteroatoms. The molecular formula is C32H52O6. The Morgan fingerprint density at radius 2 is 1.29 bits per heavy atom. The molecule has 0 amide bonds. The number of rotatable bonds is 4. The lowest BCUT2D eigenvalue weighted by Crippen LogP contribution is -2.69. The molecular weight excluding hydrogens is 480 g/mol. The number of carbonyl (C=O) groups is 3. The molecule has 0 unspecified atom stereocenters. The molecule has 0 saturated heterocycles. The van der Waals surface area contributed by atoms with Crippen molar-refractivity contribution in [3.05, 3.63) is 0 Å². The molecule has 0 heterocycles. The normalized spacial score (nSPS) is 46.4. The van der Waals surface area contributed by atoms with Crippen molar-refractivity contribution < 1.29 is 28.6 Å². The lowest BCUT2D eigenvalue weighted by molar-refractivity contribution is -0.257. The topological polar surface area (TPSA) is 78.9 Å². The Labute approximate surface area is 230 Å². The molecule has 0 radical (unpaired) electrons. The van der Waals surface area contributed by atoms with E-state index in [2.05, 4.69) is 41.5 Å². The summed E-state index contributed by atoms with van der Waals surface area (Å²) in [5, 5.41) is 0. The zero-order valence-electron chi connectivity index (χ0n) is 25.6. The number of carbonyl (C=O) groups excluding carboxylic acids is 3. The van der Waals surface area contributed by atoms with Crippen molar-refractivity contribution in [1.29, 1.82) is 0 Å². The van der Waals surface area contributed by atoms with Crippen molar-refractivity contribution in [2.45, 2.75) is 106 Å². The summed E-state index contributed by atoms with van der Waals surface area (Å²) < 4.78 is 15.9. The van der Waals surface area contributed by atoms with Crippen molar-refractivity contribution in [2.24, 2.45) is 56.2 Å². The average molecular weight is 533 g/mol. The van der Waals surface area contributed by atoms with Crippen LogP contribution in [0.4, 0.5) is 0 Å². The summed E-state index contributed by atoms with van der Waals surface area (Å²) in [5.74, 6) is -2.15. The van der Waals surface area contributed by atoms with Gasteiger partial charge in [0.25, 0.3) is 0 Å². The fourth-order valence-electron chi connectivity index (χ4n) is 10.8. The van der Waals surface area contributed by atoms with Gasteiger partial charge in [0.2, 0.25) is 0 Å². The second kappa shape index (κ2) is 9.23. The number of esters is 3. The lowest BCUT2D eigenvalue weighted by atomic mass is 9.30. The van der Waals surface area contributed by atoms with Gasteiger partial charge in [0, 0.05) is 0 Å². The van der Waals surface area contributed by atoms with Crippen molar-refractivity contribution in [2.75, 3.05) is 21.3 Å². The van der Waals surface area contributed by atoms with Gasteiger partial charge in [-0.2, -0.15) is 0 Å². The molecule has 0 bridgehead atoms. The van der Waals surface area contributed by atoms with Crippen molar-refractivity contribution in [3.63, 3.8) is 0 Å². The van der Waals surface area contributed by atoms with Crippen molar-refractivity contribution >= 4 is 17.9 Å². The number of ether oxygens (including phenoxy) is 3.